The summed E-state index contributed by atoms with van der Waals surface area (Å²) in [6, 6.07) is 15.6. The second-order valence-corrected chi connectivity index (χ2v) is 11.1. The van der Waals surface area contributed by atoms with Crippen LogP contribution in [0.2, 0.25) is 0 Å². The molecule has 1 aromatic heterocycles. The molecule has 0 aliphatic carbocycles. The predicted octanol–water partition coefficient (Wildman–Crippen LogP) is 2.81. The molecular formula is C26H29N3O5S. The van der Waals surface area contributed by atoms with Gasteiger partial charge < -0.3 is 20.5 Å². The minimum absolute atomic E-state index is 0.144. The Morgan fingerprint density at radius 2 is 1.74 bits per heavy atom. The lowest BCUT2D eigenvalue weighted by molar-refractivity contribution is 0.263. The predicted molar refractivity (Wildman–Crippen MR) is 137 cm³/mol. The third kappa shape index (κ3) is 6.72. The number of aromatic amines is 1. The van der Waals surface area contributed by atoms with Gasteiger partial charge in [-0.05, 0) is 41.8 Å². The number of H-pyrrole nitrogens is 1. The normalized spacial score (nSPS) is 18.4. The fraction of sp³-hybridized carbons (Fsp3) is 0.308. The van der Waals surface area contributed by atoms with Crippen molar-refractivity contribution in [1.29, 1.82) is 0 Å². The third-order valence-corrected chi connectivity index (χ3v) is 7.93. The van der Waals surface area contributed by atoms with Crippen molar-refractivity contribution in [3.05, 3.63) is 93.2 Å². The van der Waals surface area contributed by atoms with E-state index in [1.54, 1.807) is 0 Å². The van der Waals surface area contributed by atoms with Crippen molar-refractivity contribution in [3.8, 4) is 17.6 Å². The largest absolute Gasteiger partial charge is 0.502 e. The Morgan fingerprint density at radius 3 is 2.34 bits per heavy atom. The summed E-state index contributed by atoms with van der Waals surface area (Å²) in [7, 11) is -2.39. The molecule has 0 unspecified atom stereocenters. The van der Waals surface area contributed by atoms with Crippen LogP contribution in [0.5, 0.6) is 5.75 Å². The van der Waals surface area contributed by atoms with Crippen molar-refractivity contribution >= 4 is 10.6 Å². The number of benzene rings is 2. The van der Waals surface area contributed by atoms with Crippen LogP contribution >= 0.6 is 10.6 Å². The van der Waals surface area contributed by atoms with Crippen LogP contribution in [0.15, 0.2) is 59.7 Å². The lowest BCUT2D eigenvalue weighted by Crippen LogP contribution is -2.28. The van der Waals surface area contributed by atoms with E-state index in [0.29, 0.717) is 18.1 Å². The minimum atomic E-state index is -2.39. The van der Waals surface area contributed by atoms with Gasteiger partial charge in [-0.3, -0.25) is 13.9 Å². The standard InChI is InChI=1S/C26H29N3O5S/c30-15-22(13-24-25(31)26(32)29-17-28-24)21-9-7-19(8-10-21)2-1-18-3-5-20(6-4-18)14-27-23-11-12-35(33,34)16-23/h3-10,17,22-23,27,30-31,33-34H,11-16H2,(H,28,29,32)/t22-,23+/m1/s1. The molecule has 0 amide bonds. The summed E-state index contributed by atoms with van der Waals surface area (Å²) in [4.78, 5) is 17.9. The van der Waals surface area contributed by atoms with Crippen LogP contribution in [-0.2, 0) is 13.0 Å². The van der Waals surface area contributed by atoms with Crippen LogP contribution in [0.1, 0.15) is 40.3 Å². The van der Waals surface area contributed by atoms with Crippen LogP contribution < -0.4 is 10.9 Å². The van der Waals surface area contributed by atoms with E-state index >= 15 is 0 Å². The van der Waals surface area contributed by atoms with E-state index < -0.39 is 21.9 Å². The average molecular weight is 496 g/mol. The highest BCUT2D eigenvalue weighted by molar-refractivity contribution is 8.24. The highest BCUT2D eigenvalue weighted by Crippen LogP contribution is 2.45. The molecule has 2 heterocycles. The van der Waals surface area contributed by atoms with Crippen molar-refractivity contribution in [2.75, 3.05) is 18.1 Å². The van der Waals surface area contributed by atoms with Gasteiger partial charge in [0, 0.05) is 41.8 Å². The first-order chi connectivity index (χ1) is 16.8. The van der Waals surface area contributed by atoms with Crippen molar-refractivity contribution in [3.63, 3.8) is 0 Å². The Morgan fingerprint density at radius 1 is 1.09 bits per heavy atom. The van der Waals surface area contributed by atoms with E-state index in [0.717, 1.165) is 28.7 Å². The molecular weight excluding hydrogens is 466 g/mol. The van der Waals surface area contributed by atoms with Crippen LogP contribution in [0, 0.1) is 11.8 Å². The summed E-state index contributed by atoms with van der Waals surface area (Å²) in [5.41, 5.74) is 3.33. The van der Waals surface area contributed by atoms with Gasteiger partial charge in [0.25, 0.3) is 5.56 Å². The number of aliphatic hydroxyl groups is 1. The number of hydrogen-bond donors (Lipinski definition) is 6. The molecule has 0 saturated carbocycles. The first-order valence-corrected chi connectivity index (χ1v) is 13.3. The topological polar surface area (TPSA) is 139 Å². The Kier molecular flexibility index (Phi) is 7.90. The quantitative estimate of drug-likeness (QED) is 0.277. The Hall–Kier alpha value is -3.13. The molecule has 1 aliphatic rings. The molecule has 6 N–H and O–H groups in total. The van der Waals surface area contributed by atoms with E-state index in [4.69, 9.17) is 0 Å². The maximum atomic E-state index is 11.6. The molecule has 3 aromatic rings. The third-order valence-electron chi connectivity index (χ3n) is 6.11. The molecule has 184 valence electrons. The van der Waals surface area contributed by atoms with Gasteiger partial charge in [0.15, 0.2) is 0 Å². The van der Waals surface area contributed by atoms with Crippen LogP contribution in [0.3, 0.4) is 0 Å². The molecule has 9 heteroatoms. The highest BCUT2D eigenvalue weighted by atomic mass is 32.3. The minimum Gasteiger partial charge on any atom is -0.502 e. The van der Waals surface area contributed by atoms with Gasteiger partial charge in [-0.2, -0.15) is 10.6 Å². The van der Waals surface area contributed by atoms with E-state index in [9.17, 15) is 24.1 Å². The number of aliphatic hydroxyl groups excluding tert-OH is 1. The zero-order valence-electron chi connectivity index (χ0n) is 19.1. The number of aromatic nitrogens is 2. The summed E-state index contributed by atoms with van der Waals surface area (Å²) in [5, 5.41) is 23.1. The van der Waals surface area contributed by atoms with Crippen molar-refractivity contribution < 1.29 is 19.3 Å². The summed E-state index contributed by atoms with van der Waals surface area (Å²) in [6.07, 6.45) is 2.26. The van der Waals surface area contributed by atoms with Gasteiger partial charge >= 0.3 is 0 Å². The van der Waals surface area contributed by atoms with Gasteiger partial charge in [0.2, 0.25) is 5.75 Å². The Balaban J connectivity index is 1.34. The molecule has 1 aliphatic heterocycles. The molecule has 35 heavy (non-hydrogen) atoms. The lowest BCUT2D eigenvalue weighted by atomic mass is 9.94. The molecule has 1 fully saturated rings. The fourth-order valence-corrected chi connectivity index (χ4v) is 5.79. The Labute approximate surface area is 205 Å². The highest BCUT2D eigenvalue weighted by Gasteiger charge is 2.27. The fourth-order valence-electron chi connectivity index (χ4n) is 4.03. The SMILES string of the molecule is O=c1[nH]cnc(C[C@H](CO)c2ccc(C#Cc3ccc(CN[C@H]4CCS(O)(O)C4)cc3)cc2)c1O. The van der Waals surface area contributed by atoms with E-state index in [1.807, 2.05) is 48.5 Å². The van der Waals surface area contributed by atoms with Gasteiger partial charge in [-0.1, -0.05) is 36.1 Å². The van der Waals surface area contributed by atoms with Crippen molar-refractivity contribution in [2.45, 2.75) is 31.3 Å². The molecule has 0 bridgehead atoms. The van der Waals surface area contributed by atoms with E-state index in [2.05, 4.69) is 27.1 Å². The number of nitrogens with zero attached hydrogens (tertiary/aromatic N) is 1. The second-order valence-electron chi connectivity index (χ2n) is 8.72. The summed E-state index contributed by atoms with van der Waals surface area (Å²) in [6.45, 7) is 0.523. The molecule has 1 saturated heterocycles. The summed E-state index contributed by atoms with van der Waals surface area (Å²) >= 11 is 0. The lowest BCUT2D eigenvalue weighted by Gasteiger charge is -2.26. The number of aromatic hydroxyl groups is 1. The smallest absolute Gasteiger partial charge is 0.293 e. The molecule has 2 atom stereocenters. The first kappa shape index (κ1) is 25.0. The van der Waals surface area contributed by atoms with E-state index in [-0.39, 0.29) is 30.7 Å². The summed E-state index contributed by atoms with van der Waals surface area (Å²) in [5.74, 6) is 6.46. The zero-order chi connectivity index (χ0) is 24.8. The molecule has 4 rings (SSSR count). The summed E-state index contributed by atoms with van der Waals surface area (Å²) < 4.78 is 19.5. The van der Waals surface area contributed by atoms with Crippen LogP contribution in [0.4, 0.5) is 0 Å². The number of rotatable bonds is 7. The zero-order valence-corrected chi connectivity index (χ0v) is 20.0. The second kappa shape index (κ2) is 11.1. The van der Waals surface area contributed by atoms with Gasteiger partial charge in [0.1, 0.15) is 0 Å². The Bertz CT molecular complexity index is 1260. The molecule has 2 aromatic carbocycles. The van der Waals surface area contributed by atoms with Crippen molar-refractivity contribution in [1.82, 2.24) is 15.3 Å². The maximum Gasteiger partial charge on any atom is 0.293 e. The number of hydrogen-bond acceptors (Lipinski definition) is 7. The van der Waals surface area contributed by atoms with Crippen LogP contribution in [-0.4, -0.2) is 53.4 Å². The van der Waals surface area contributed by atoms with Crippen molar-refractivity contribution in [2.24, 2.45) is 0 Å². The first-order valence-electron chi connectivity index (χ1n) is 11.4. The average Bonchev–Trinajstić information content (AvgIpc) is 3.22. The van der Waals surface area contributed by atoms with Crippen LogP contribution in [0.25, 0.3) is 0 Å². The van der Waals surface area contributed by atoms with E-state index in [1.165, 1.54) is 6.33 Å². The number of nitrogens with one attached hydrogen (secondary N) is 2. The van der Waals surface area contributed by atoms with Gasteiger partial charge in [-0.25, -0.2) is 4.98 Å². The van der Waals surface area contributed by atoms with Gasteiger partial charge in [-0.15, -0.1) is 0 Å². The molecule has 8 nitrogen and oxygen atoms in total. The monoisotopic (exact) mass is 495 g/mol. The molecule has 0 spiro atoms. The molecule has 0 radical (unpaired) electrons. The van der Waals surface area contributed by atoms with Gasteiger partial charge in [0.05, 0.1) is 24.4 Å². The maximum absolute atomic E-state index is 11.6.